The van der Waals surface area contributed by atoms with Gasteiger partial charge >= 0.3 is 0 Å². The summed E-state index contributed by atoms with van der Waals surface area (Å²) in [7, 11) is 0. The zero-order valence-electron chi connectivity index (χ0n) is 9.88. The molecular formula is C14H22Cl2. The summed E-state index contributed by atoms with van der Waals surface area (Å²) < 4.78 is 0. The van der Waals surface area contributed by atoms with Gasteiger partial charge in [-0.3, -0.25) is 0 Å². The van der Waals surface area contributed by atoms with E-state index in [9.17, 15) is 0 Å². The molecule has 0 radical (unpaired) electrons. The maximum Gasteiger partial charge on any atom is 0.0367 e. The first-order valence-electron chi connectivity index (χ1n) is 6.68. The Morgan fingerprint density at radius 3 is 2.50 bits per heavy atom. The van der Waals surface area contributed by atoms with Gasteiger partial charge in [0.05, 0.1) is 0 Å². The van der Waals surface area contributed by atoms with E-state index in [0.717, 1.165) is 17.7 Å². The first-order chi connectivity index (χ1) is 7.81. The Morgan fingerprint density at radius 2 is 2.00 bits per heavy atom. The first-order valence-corrected chi connectivity index (χ1v) is 7.65. The van der Waals surface area contributed by atoms with Crippen molar-refractivity contribution in [3.8, 4) is 0 Å². The molecule has 16 heavy (non-hydrogen) atoms. The van der Waals surface area contributed by atoms with Crippen LogP contribution in [0.3, 0.4) is 0 Å². The molecule has 0 amide bonds. The Hall–Kier alpha value is 0.320. The topological polar surface area (TPSA) is 0 Å². The lowest BCUT2D eigenvalue weighted by atomic mass is 9.98. The quantitative estimate of drug-likeness (QED) is 0.460. The van der Waals surface area contributed by atoms with Crippen LogP contribution in [0.4, 0.5) is 0 Å². The van der Waals surface area contributed by atoms with Crippen molar-refractivity contribution in [2.24, 2.45) is 17.8 Å². The minimum atomic E-state index is 0.550. The predicted molar refractivity (Wildman–Crippen MR) is 72.3 cm³/mol. The second-order valence-electron chi connectivity index (χ2n) is 5.38. The Kier molecular flexibility index (Phi) is 5.03. The third-order valence-corrected chi connectivity index (χ3v) is 4.99. The monoisotopic (exact) mass is 260 g/mol. The summed E-state index contributed by atoms with van der Waals surface area (Å²) in [5, 5.41) is 0.550. The van der Waals surface area contributed by atoms with E-state index in [1.165, 1.54) is 44.9 Å². The van der Waals surface area contributed by atoms with E-state index in [4.69, 9.17) is 23.2 Å². The molecule has 2 fully saturated rings. The minimum Gasteiger partial charge on any atom is -0.126 e. The van der Waals surface area contributed by atoms with Gasteiger partial charge in [-0.05, 0) is 49.9 Å². The molecule has 0 aromatic rings. The number of hydrogen-bond acceptors (Lipinski definition) is 0. The number of rotatable bonds is 1. The third-order valence-electron chi connectivity index (χ3n) is 4.05. The Balaban J connectivity index is 0.000000120. The van der Waals surface area contributed by atoms with Gasteiger partial charge < -0.3 is 0 Å². The molecule has 0 heterocycles. The lowest BCUT2D eigenvalue weighted by Gasteiger charge is -2.13. The molecule has 0 N–H and O–H groups in total. The van der Waals surface area contributed by atoms with Gasteiger partial charge in [0.2, 0.25) is 0 Å². The standard InChI is InChI=1S/2C7H11Cl/c8-7-3-1-2-5-4-6(5)7;8-6-7-4-2-1-3-5-7/h5-7H,1-4H2;2,4,7H,1,3,5-6H2. The van der Waals surface area contributed by atoms with Gasteiger partial charge in [0.15, 0.2) is 0 Å². The van der Waals surface area contributed by atoms with E-state index in [1.807, 2.05) is 0 Å². The molecule has 0 spiro atoms. The molecule has 3 aliphatic carbocycles. The molecule has 0 aliphatic heterocycles. The molecule has 4 atom stereocenters. The smallest absolute Gasteiger partial charge is 0.0367 e. The van der Waals surface area contributed by atoms with Gasteiger partial charge in [0.25, 0.3) is 0 Å². The SMILES string of the molecule is ClC1CCCC2CC12.ClCC1C=CCCC1. The van der Waals surface area contributed by atoms with Crippen molar-refractivity contribution in [2.45, 2.75) is 50.3 Å². The summed E-state index contributed by atoms with van der Waals surface area (Å²) >= 11 is 11.6. The molecule has 0 nitrogen and oxygen atoms in total. The molecule has 2 saturated carbocycles. The van der Waals surface area contributed by atoms with Crippen molar-refractivity contribution in [2.75, 3.05) is 5.88 Å². The van der Waals surface area contributed by atoms with Crippen LogP contribution < -0.4 is 0 Å². The number of hydrogen-bond donors (Lipinski definition) is 0. The zero-order chi connectivity index (χ0) is 11.4. The molecule has 3 rings (SSSR count). The highest BCUT2D eigenvalue weighted by Gasteiger charge is 2.44. The highest BCUT2D eigenvalue weighted by atomic mass is 35.5. The summed E-state index contributed by atoms with van der Waals surface area (Å²) in [6.07, 6.45) is 13.9. The summed E-state index contributed by atoms with van der Waals surface area (Å²) in [6.45, 7) is 0. The maximum absolute atomic E-state index is 6.01. The minimum absolute atomic E-state index is 0.550. The molecule has 92 valence electrons. The van der Waals surface area contributed by atoms with E-state index in [0.29, 0.717) is 11.3 Å². The fourth-order valence-corrected chi connectivity index (χ4v) is 3.57. The largest absolute Gasteiger partial charge is 0.126 e. The van der Waals surface area contributed by atoms with Gasteiger partial charge in [-0.25, -0.2) is 0 Å². The van der Waals surface area contributed by atoms with E-state index in [2.05, 4.69) is 12.2 Å². The molecule has 4 unspecified atom stereocenters. The van der Waals surface area contributed by atoms with Crippen LogP contribution in [0.15, 0.2) is 12.2 Å². The highest BCUT2D eigenvalue weighted by molar-refractivity contribution is 6.21. The molecule has 0 aromatic heterocycles. The second kappa shape index (κ2) is 6.31. The van der Waals surface area contributed by atoms with Gasteiger partial charge in [0, 0.05) is 11.3 Å². The van der Waals surface area contributed by atoms with Gasteiger partial charge in [-0.2, -0.15) is 0 Å². The highest BCUT2D eigenvalue weighted by Crippen LogP contribution is 2.51. The number of fused-ring (bicyclic) bond motifs is 1. The van der Waals surface area contributed by atoms with Crippen LogP contribution in [-0.4, -0.2) is 11.3 Å². The van der Waals surface area contributed by atoms with E-state index in [-0.39, 0.29) is 0 Å². The number of allylic oxidation sites excluding steroid dienone is 2. The maximum atomic E-state index is 6.01. The second-order valence-corrected chi connectivity index (χ2v) is 6.25. The fourth-order valence-electron chi connectivity index (χ4n) is 2.85. The third kappa shape index (κ3) is 3.67. The van der Waals surface area contributed by atoms with Crippen LogP contribution in [-0.2, 0) is 0 Å². The van der Waals surface area contributed by atoms with E-state index in [1.54, 1.807) is 0 Å². The van der Waals surface area contributed by atoms with Gasteiger partial charge in [-0.1, -0.05) is 25.0 Å². The van der Waals surface area contributed by atoms with Crippen LogP contribution in [0.2, 0.25) is 0 Å². The van der Waals surface area contributed by atoms with Crippen molar-refractivity contribution < 1.29 is 0 Å². The van der Waals surface area contributed by atoms with Gasteiger partial charge in [0.1, 0.15) is 0 Å². The summed E-state index contributed by atoms with van der Waals surface area (Å²) in [4.78, 5) is 0. The van der Waals surface area contributed by atoms with Crippen LogP contribution in [0, 0.1) is 17.8 Å². The average Bonchev–Trinajstić information content (AvgIpc) is 3.12. The van der Waals surface area contributed by atoms with Crippen LogP contribution >= 0.6 is 23.2 Å². The molecule has 3 aliphatic rings. The lowest BCUT2D eigenvalue weighted by Crippen LogP contribution is -2.07. The van der Waals surface area contributed by atoms with Crippen molar-refractivity contribution in [3.63, 3.8) is 0 Å². The average molecular weight is 261 g/mol. The molecule has 0 aromatic carbocycles. The Labute approximate surface area is 109 Å². The summed E-state index contributed by atoms with van der Waals surface area (Å²) in [5.74, 6) is 3.46. The fraction of sp³-hybridized carbons (Fsp3) is 0.857. The van der Waals surface area contributed by atoms with Crippen molar-refractivity contribution in [3.05, 3.63) is 12.2 Å². The molecule has 0 saturated heterocycles. The van der Waals surface area contributed by atoms with E-state index >= 15 is 0 Å². The van der Waals surface area contributed by atoms with Crippen LogP contribution in [0.1, 0.15) is 44.9 Å². The lowest BCUT2D eigenvalue weighted by molar-refractivity contribution is 0.486. The zero-order valence-corrected chi connectivity index (χ0v) is 11.4. The Bertz CT molecular complexity index is 237. The molecule has 2 heteroatoms. The molecular weight excluding hydrogens is 239 g/mol. The number of alkyl halides is 2. The predicted octanol–water partition coefficient (Wildman–Crippen LogP) is 5.00. The number of halogens is 2. The molecule has 0 bridgehead atoms. The normalized spacial score (nSPS) is 40.6. The summed E-state index contributed by atoms with van der Waals surface area (Å²) in [5.41, 5.74) is 0. The van der Waals surface area contributed by atoms with Gasteiger partial charge in [-0.15, -0.1) is 23.2 Å². The van der Waals surface area contributed by atoms with Crippen LogP contribution in [0.25, 0.3) is 0 Å². The van der Waals surface area contributed by atoms with Crippen molar-refractivity contribution >= 4 is 23.2 Å². The Morgan fingerprint density at radius 1 is 1.12 bits per heavy atom. The summed E-state index contributed by atoms with van der Waals surface area (Å²) in [6, 6.07) is 0. The van der Waals surface area contributed by atoms with E-state index < -0.39 is 0 Å². The van der Waals surface area contributed by atoms with Crippen molar-refractivity contribution in [1.82, 2.24) is 0 Å². The first kappa shape index (κ1) is 12.8. The van der Waals surface area contributed by atoms with Crippen molar-refractivity contribution in [1.29, 1.82) is 0 Å². The van der Waals surface area contributed by atoms with Crippen LogP contribution in [0.5, 0.6) is 0 Å².